The number of hydrogen-bond acceptors (Lipinski definition) is 3. The van der Waals surface area contributed by atoms with Crippen LogP contribution in [-0.2, 0) is 13.6 Å². The molecule has 13 heavy (non-hydrogen) atoms. The molecular weight excluding hydrogens is 184 g/mol. The molecule has 78 valence electrons. The van der Waals surface area contributed by atoms with Gasteiger partial charge in [0.2, 0.25) is 0 Å². The molecule has 0 bridgehead atoms. The van der Waals surface area contributed by atoms with E-state index in [1.807, 2.05) is 0 Å². The number of rotatable bonds is 7. The molecule has 0 N–H and O–H groups in total. The topological polar surface area (TPSA) is 31.0 Å². The minimum atomic E-state index is -1.85. The van der Waals surface area contributed by atoms with E-state index in [0.29, 0.717) is 6.10 Å². The molecular formula is C9H20O3Si. The van der Waals surface area contributed by atoms with Crippen molar-refractivity contribution in [3.05, 3.63) is 0 Å². The van der Waals surface area contributed by atoms with Gasteiger partial charge >= 0.3 is 8.56 Å². The zero-order valence-electron chi connectivity index (χ0n) is 8.84. The van der Waals surface area contributed by atoms with Crippen LogP contribution < -0.4 is 0 Å². The predicted molar refractivity (Wildman–Crippen MR) is 54.0 cm³/mol. The fourth-order valence-electron chi connectivity index (χ4n) is 1.21. The Morgan fingerprint density at radius 1 is 1.54 bits per heavy atom. The molecule has 1 aliphatic rings. The van der Waals surface area contributed by atoms with E-state index >= 15 is 0 Å². The molecule has 1 aliphatic heterocycles. The molecule has 0 saturated carbocycles. The molecule has 0 radical (unpaired) electrons. The molecule has 0 amide bonds. The van der Waals surface area contributed by atoms with Crippen LogP contribution in [0.2, 0.25) is 12.6 Å². The average Bonchev–Trinajstić information content (AvgIpc) is 2.95. The summed E-state index contributed by atoms with van der Waals surface area (Å²) >= 11 is 0. The first kappa shape index (κ1) is 11.2. The highest BCUT2D eigenvalue weighted by Gasteiger charge is 2.33. The fraction of sp³-hybridized carbons (Fsp3) is 1.00. The van der Waals surface area contributed by atoms with Gasteiger partial charge in [-0.05, 0) is 25.4 Å². The smallest absolute Gasteiger partial charge is 0.334 e. The standard InChI is InChI=1S/C9H20O3Si/c1-4-6-12-13(3,10-2)7-5-9-8-11-9/h9H,4-8H2,1-3H3. The third-order valence-corrected chi connectivity index (χ3v) is 5.24. The Kier molecular flexibility index (Phi) is 4.38. The van der Waals surface area contributed by atoms with E-state index in [4.69, 9.17) is 13.6 Å². The lowest BCUT2D eigenvalue weighted by atomic mass is 10.4. The maximum absolute atomic E-state index is 5.77. The number of ether oxygens (including phenoxy) is 1. The molecule has 4 heteroatoms. The summed E-state index contributed by atoms with van der Waals surface area (Å²) in [5.41, 5.74) is 0. The predicted octanol–water partition coefficient (Wildman–Crippen LogP) is 1.92. The summed E-state index contributed by atoms with van der Waals surface area (Å²) in [5.74, 6) is 0. The molecule has 0 spiro atoms. The van der Waals surface area contributed by atoms with Crippen molar-refractivity contribution in [2.75, 3.05) is 20.3 Å². The van der Waals surface area contributed by atoms with Crippen LogP contribution in [0.15, 0.2) is 0 Å². The van der Waals surface area contributed by atoms with Crippen molar-refractivity contribution in [2.24, 2.45) is 0 Å². The maximum Gasteiger partial charge on any atom is 0.334 e. The minimum absolute atomic E-state index is 0.493. The van der Waals surface area contributed by atoms with Gasteiger partial charge < -0.3 is 13.6 Å². The molecule has 1 heterocycles. The largest absolute Gasteiger partial charge is 0.398 e. The average molecular weight is 204 g/mol. The number of hydrogen-bond donors (Lipinski definition) is 0. The lowest BCUT2D eigenvalue weighted by Gasteiger charge is -2.24. The Bertz CT molecular complexity index is 150. The van der Waals surface area contributed by atoms with Gasteiger partial charge in [-0.15, -0.1) is 0 Å². The summed E-state index contributed by atoms with van der Waals surface area (Å²) in [6.45, 7) is 6.00. The summed E-state index contributed by atoms with van der Waals surface area (Å²) in [6, 6.07) is 1.05. The van der Waals surface area contributed by atoms with Gasteiger partial charge in [-0.2, -0.15) is 0 Å². The van der Waals surface area contributed by atoms with Crippen molar-refractivity contribution >= 4 is 8.56 Å². The summed E-state index contributed by atoms with van der Waals surface area (Å²) in [5, 5.41) is 0. The van der Waals surface area contributed by atoms with Crippen molar-refractivity contribution in [2.45, 2.75) is 38.5 Å². The van der Waals surface area contributed by atoms with Crippen LogP contribution in [0.5, 0.6) is 0 Å². The van der Waals surface area contributed by atoms with Gasteiger partial charge in [0.05, 0.1) is 12.7 Å². The first-order valence-corrected chi connectivity index (χ1v) is 7.53. The van der Waals surface area contributed by atoms with E-state index in [9.17, 15) is 0 Å². The lowest BCUT2D eigenvalue weighted by molar-refractivity contribution is 0.202. The van der Waals surface area contributed by atoms with Crippen LogP contribution in [0.4, 0.5) is 0 Å². The van der Waals surface area contributed by atoms with Gasteiger partial charge in [0, 0.05) is 13.7 Å². The van der Waals surface area contributed by atoms with Gasteiger partial charge in [0.25, 0.3) is 0 Å². The third-order valence-electron chi connectivity index (χ3n) is 2.37. The third kappa shape index (κ3) is 4.22. The Morgan fingerprint density at radius 2 is 2.23 bits per heavy atom. The highest BCUT2D eigenvalue weighted by molar-refractivity contribution is 6.65. The number of epoxide rings is 1. The summed E-state index contributed by atoms with van der Waals surface area (Å²) < 4.78 is 16.4. The second-order valence-electron chi connectivity index (χ2n) is 3.68. The van der Waals surface area contributed by atoms with Crippen molar-refractivity contribution < 1.29 is 13.6 Å². The van der Waals surface area contributed by atoms with E-state index < -0.39 is 8.56 Å². The minimum Gasteiger partial charge on any atom is -0.398 e. The highest BCUT2D eigenvalue weighted by Crippen LogP contribution is 2.22. The second kappa shape index (κ2) is 5.10. The van der Waals surface area contributed by atoms with E-state index in [0.717, 1.165) is 32.1 Å². The zero-order chi connectivity index (χ0) is 9.73. The van der Waals surface area contributed by atoms with E-state index in [1.54, 1.807) is 7.11 Å². The molecule has 0 aromatic carbocycles. The molecule has 2 atom stereocenters. The molecule has 2 unspecified atom stereocenters. The first-order valence-electron chi connectivity index (χ1n) is 5.01. The van der Waals surface area contributed by atoms with Crippen molar-refractivity contribution in [1.82, 2.24) is 0 Å². The van der Waals surface area contributed by atoms with Gasteiger partial charge in [-0.25, -0.2) is 0 Å². The van der Waals surface area contributed by atoms with Crippen LogP contribution in [-0.4, -0.2) is 35.0 Å². The summed E-state index contributed by atoms with van der Waals surface area (Å²) in [4.78, 5) is 0. The molecule has 1 rings (SSSR count). The van der Waals surface area contributed by atoms with Crippen molar-refractivity contribution in [1.29, 1.82) is 0 Å². The zero-order valence-corrected chi connectivity index (χ0v) is 9.84. The summed E-state index contributed by atoms with van der Waals surface area (Å²) in [6.07, 6.45) is 2.65. The van der Waals surface area contributed by atoms with Gasteiger partial charge in [-0.1, -0.05) is 6.92 Å². The van der Waals surface area contributed by atoms with Gasteiger partial charge in [-0.3, -0.25) is 0 Å². The quantitative estimate of drug-likeness (QED) is 0.469. The van der Waals surface area contributed by atoms with Gasteiger partial charge in [0.15, 0.2) is 0 Å². The van der Waals surface area contributed by atoms with Crippen molar-refractivity contribution in [3.63, 3.8) is 0 Å². The van der Waals surface area contributed by atoms with Crippen LogP contribution >= 0.6 is 0 Å². The first-order chi connectivity index (χ1) is 6.20. The molecule has 0 aliphatic carbocycles. The normalized spacial score (nSPS) is 25.6. The molecule has 0 aromatic heterocycles. The SMILES string of the molecule is CCCO[Si](C)(CCC1CO1)OC. The highest BCUT2D eigenvalue weighted by atomic mass is 28.4. The van der Waals surface area contributed by atoms with Crippen LogP contribution in [0.3, 0.4) is 0 Å². The molecule has 1 saturated heterocycles. The monoisotopic (exact) mass is 204 g/mol. The van der Waals surface area contributed by atoms with Crippen LogP contribution in [0.25, 0.3) is 0 Å². The Balaban J connectivity index is 2.19. The lowest BCUT2D eigenvalue weighted by Crippen LogP contribution is -2.37. The van der Waals surface area contributed by atoms with Crippen LogP contribution in [0, 0.1) is 0 Å². The fourth-order valence-corrected chi connectivity index (χ4v) is 3.16. The Labute approximate surface area is 81.6 Å². The van der Waals surface area contributed by atoms with Crippen molar-refractivity contribution in [3.8, 4) is 0 Å². The maximum atomic E-state index is 5.77. The molecule has 1 fully saturated rings. The van der Waals surface area contributed by atoms with E-state index in [-0.39, 0.29) is 0 Å². The summed E-state index contributed by atoms with van der Waals surface area (Å²) in [7, 11) is -0.0876. The van der Waals surface area contributed by atoms with Crippen LogP contribution in [0.1, 0.15) is 19.8 Å². The second-order valence-corrected chi connectivity index (χ2v) is 7.14. The molecule has 3 nitrogen and oxygen atoms in total. The van der Waals surface area contributed by atoms with E-state index in [1.165, 1.54) is 0 Å². The van der Waals surface area contributed by atoms with E-state index in [2.05, 4.69) is 13.5 Å². The molecule has 0 aromatic rings. The Hall–Kier alpha value is 0.0969. The Morgan fingerprint density at radius 3 is 2.69 bits per heavy atom. The van der Waals surface area contributed by atoms with Gasteiger partial charge in [0.1, 0.15) is 0 Å².